The molecule has 0 aliphatic rings. The highest BCUT2D eigenvalue weighted by molar-refractivity contribution is 5.69. The van der Waals surface area contributed by atoms with Crippen molar-refractivity contribution in [2.45, 2.75) is 13.5 Å². The van der Waals surface area contributed by atoms with E-state index in [0.29, 0.717) is 12.4 Å². The average Bonchev–Trinajstić information content (AvgIpc) is 2.85. The van der Waals surface area contributed by atoms with Crippen LogP contribution in [0, 0.1) is 0 Å². The van der Waals surface area contributed by atoms with E-state index in [1.807, 2.05) is 36.4 Å². The molecule has 98 valence electrons. The van der Waals surface area contributed by atoms with Crippen LogP contribution in [0.5, 0.6) is 0 Å². The summed E-state index contributed by atoms with van der Waals surface area (Å²) in [6, 6.07) is 9.79. The maximum absolute atomic E-state index is 11.2. The molecule has 6 heteroatoms. The molecule has 0 spiro atoms. The lowest BCUT2D eigenvalue weighted by Crippen LogP contribution is -2.15. The van der Waals surface area contributed by atoms with Crippen molar-refractivity contribution in [2.75, 3.05) is 6.61 Å². The van der Waals surface area contributed by atoms with Crippen LogP contribution >= 0.6 is 0 Å². The zero-order valence-corrected chi connectivity index (χ0v) is 10.6. The van der Waals surface area contributed by atoms with Gasteiger partial charge in [-0.2, -0.15) is 4.80 Å². The van der Waals surface area contributed by atoms with Crippen molar-refractivity contribution < 1.29 is 9.53 Å². The minimum absolute atomic E-state index is 0.0278. The summed E-state index contributed by atoms with van der Waals surface area (Å²) in [6.07, 6.45) is 3.62. The molecule has 1 aromatic carbocycles. The Morgan fingerprint density at radius 2 is 2.11 bits per heavy atom. The van der Waals surface area contributed by atoms with Gasteiger partial charge in [-0.3, -0.25) is 0 Å². The van der Waals surface area contributed by atoms with Crippen LogP contribution in [0.15, 0.2) is 30.3 Å². The lowest BCUT2D eigenvalue weighted by Gasteiger charge is -1.98. The van der Waals surface area contributed by atoms with Gasteiger partial charge in [-0.15, -0.1) is 10.2 Å². The number of esters is 1. The predicted octanol–water partition coefficient (Wildman–Crippen LogP) is 1.41. The van der Waals surface area contributed by atoms with Crippen LogP contribution in [0.2, 0.25) is 0 Å². The van der Waals surface area contributed by atoms with Crippen molar-refractivity contribution in [2.24, 2.45) is 0 Å². The molecule has 0 aliphatic carbocycles. The number of rotatable bonds is 5. The lowest BCUT2D eigenvalue weighted by molar-refractivity contribution is -0.144. The smallest absolute Gasteiger partial charge is 0.329 e. The molecule has 1 heterocycles. The lowest BCUT2D eigenvalue weighted by atomic mass is 10.2. The number of ether oxygens (including phenoxy) is 1. The van der Waals surface area contributed by atoms with Crippen molar-refractivity contribution in [3.05, 3.63) is 41.7 Å². The van der Waals surface area contributed by atoms with E-state index in [9.17, 15) is 4.79 Å². The van der Waals surface area contributed by atoms with E-state index in [-0.39, 0.29) is 12.5 Å². The van der Waals surface area contributed by atoms with Crippen molar-refractivity contribution in [1.29, 1.82) is 0 Å². The predicted molar refractivity (Wildman–Crippen MR) is 69.8 cm³/mol. The van der Waals surface area contributed by atoms with Gasteiger partial charge in [-0.1, -0.05) is 36.4 Å². The summed E-state index contributed by atoms with van der Waals surface area (Å²) in [5.41, 5.74) is 1.05. The summed E-state index contributed by atoms with van der Waals surface area (Å²) in [5, 5.41) is 11.7. The molecular formula is C13H14N4O2. The van der Waals surface area contributed by atoms with Crippen LogP contribution < -0.4 is 0 Å². The van der Waals surface area contributed by atoms with Crippen LogP contribution in [-0.2, 0) is 16.1 Å². The molecule has 1 aromatic heterocycles. The highest BCUT2D eigenvalue weighted by Gasteiger charge is 2.06. The Kier molecular flexibility index (Phi) is 4.39. The number of tetrazole rings is 1. The van der Waals surface area contributed by atoms with Gasteiger partial charge in [0.15, 0.2) is 12.4 Å². The molecule has 19 heavy (non-hydrogen) atoms. The molecule has 6 nitrogen and oxygen atoms in total. The van der Waals surface area contributed by atoms with Crippen LogP contribution in [0.25, 0.3) is 12.2 Å². The molecule has 0 amide bonds. The summed E-state index contributed by atoms with van der Waals surface area (Å²) >= 11 is 0. The van der Waals surface area contributed by atoms with Gasteiger partial charge in [-0.25, -0.2) is 4.79 Å². The van der Waals surface area contributed by atoms with Crippen LogP contribution in [0.1, 0.15) is 18.3 Å². The Morgan fingerprint density at radius 3 is 2.84 bits per heavy atom. The van der Waals surface area contributed by atoms with E-state index >= 15 is 0 Å². The number of aromatic nitrogens is 4. The zero-order chi connectivity index (χ0) is 13.5. The average molecular weight is 258 g/mol. The van der Waals surface area contributed by atoms with Crippen molar-refractivity contribution in [3.8, 4) is 0 Å². The van der Waals surface area contributed by atoms with Gasteiger partial charge in [0.05, 0.1) is 6.61 Å². The molecule has 0 fully saturated rings. The maximum Gasteiger partial charge on any atom is 0.329 e. The molecule has 0 atom stereocenters. The van der Waals surface area contributed by atoms with E-state index < -0.39 is 0 Å². The van der Waals surface area contributed by atoms with Crippen LogP contribution in [0.3, 0.4) is 0 Å². The molecule has 0 saturated heterocycles. The van der Waals surface area contributed by atoms with Gasteiger partial charge in [0.2, 0.25) is 0 Å². The van der Waals surface area contributed by atoms with Crippen molar-refractivity contribution >= 4 is 18.1 Å². The molecule has 0 bridgehead atoms. The number of carbonyl (C=O) groups excluding carboxylic acids is 1. The Bertz CT molecular complexity index is 563. The van der Waals surface area contributed by atoms with Gasteiger partial charge >= 0.3 is 5.97 Å². The van der Waals surface area contributed by atoms with E-state index in [4.69, 9.17) is 4.74 Å². The Morgan fingerprint density at radius 1 is 1.32 bits per heavy atom. The first-order valence-electron chi connectivity index (χ1n) is 5.94. The largest absolute Gasteiger partial charge is 0.465 e. The molecule has 0 unspecified atom stereocenters. The summed E-state index contributed by atoms with van der Waals surface area (Å²) < 4.78 is 4.80. The molecule has 0 N–H and O–H groups in total. The Balaban J connectivity index is 1.98. The van der Waals surface area contributed by atoms with Gasteiger partial charge in [0.25, 0.3) is 0 Å². The number of benzene rings is 1. The second-order valence-corrected chi connectivity index (χ2v) is 3.73. The van der Waals surface area contributed by atoms with Gasteiger partial charge < -0.3 is 4.74 Å². The fourth-order valence-corrected chi connectivity index (χ4v) is 1.45. The monoisotopic (exact) mass is 258 g/mol. The third-order valence-electron chi connectivity index (χ3n) is 2.27. The highest BCUT2D eigenvalue weighted by atomic mass is 16.5. The first-order valence-corrected chi connectivity index (χ1v) is 5.94. The molecule has 0 radical (unpaired) electrons. The Labute approximate surface area is 110 Å². The third kappa shape index (κ3) is 4.02. The number of carbonyl (C=O) groups is 1. The summed E-state index contributed by atoms with van der Waals surface area (Å²) in [4.78, 5) is 12.4. The van der Waals surface area contributed by atoms with Gasteiger partial charge in [0, 0.05) is 0 Å². The normalized spacial score (nSPS) is 10.8. The summed E-state index contributed by atoms with van der Waals surface area (Å²) in [7, 11) is 0. The van der Waals surface area contributed by atoms with Crippen LogP contribution in [-0.4, -0.2) is 32.8 Å². The first-order chi connectivity index (χ1) is 9.28. The van der Waals surface area contributed by atoms with E-state index in [1.165, 1.54) is 4.80 Å². The van der Waals surface area contributed by atoms with E-state index in [0.717, 1.165) is 5.56 Å². The number of nitrogens with zero attached hydrogens (tertiary/aromatic N) is 4. The van der Waals surface area contributed by atoms with Crippen molar-refractivity contribution in [1.82, 2.24) is 20.2 Å². The van der Waals surface area contributed by atoms with E-state index in [1.54, 1.807) is 13.0 Å². The molecule has 2 aromatic rings. The standard InChI is InChI=1S/C13H14N4O2/c1-2-19-13(18)10-17-15-12(14-16-17)9-8-11-6-4-3-5-7-11/h3-9H,2,10H2,1H3/b9-8+. The first kappa shape index (κ1) is 12.9. The second kappa shape index (κ2) is 6.44. The van der Waals surface area contributed by atoms with E-state index in [2.05, 4.69) is 15.4 Å². The summed E-state index contributed by atoms with van der Waals surface area (Å²) in [6.45, 7) is 2.06. The SMILES string of the molecule is CCOC(=O)Cn1nnc(/C=C/c2ccccc2)n1. The molecule has 0 saturated carbocycles. The quantitative estimate of drug-likeness (QED) is 0.758. The fraction of sp³-hybridized carbons (Fsp3) is 0.231. The maximum atomic E-state index is 11.2. The minimum Gasteiger partial charge on any atom is -0.465 e. The number of hydrogen-bond acceptors (Lipinski definition) is 5. The third-order valence-corrected chi connectivity index (χ3v) is 2.27. The van der Waals surface area contributed by atoms with Crippen molar-refractivity contribution in [3.63, 3.8) is 0 Å². The minimum atomic E-state index is -0.376. The second-order valence-electron chi connectivity index (χ2n) is 3.73. The Hall–Kier alpha value is -2.50. The molecule has 2 rings (SSSR count). The number of hydrogen-bond donors (Lipinski definition) is 0. The topological polar surface area (TPSA) is 69.9 Å². The zero-order valence-electron chi connectivity index (χ0n) is 10.6. The summed E-state index contributed by atoms with van der Waals surface area (Å²) in [5.74, 6) is 0.0756. The fourth-order valence-electron chi connectivity index (χ4n) is 1.45. The molecular weight excluding hydrogens is 244 g/mol. The van der Waals surface area contributed by atoms with Gasteiger partial charge in [-0.05, 0) is 23.8 Å². The molecule has 0 aliphatic heterocycles. The highest BCUT2D eigenvalue weighted by Crippen LogP contribution is 2.03. The van der Waals surface area contributed by atoms with Gasteiger partial charge in [0.1, 0.15) is 0 Å². The van der Waals surface area contributed by atoms with Crippen LogP contribution in [0.4, 0.5) is 0 Å².